The lowest BCUT2D eigenvalue weighted by atomic mass is 9.88. The second-order valence-corrected chi connectivity index (χ2v) is 12.0. The number of dihydropyridines is 1. The molecule has 13 nitrogen and oxygen atoms in total. The number of piperidine rings is 1. The Kier molecular flexibility index (Phi) is 11.2. The van der Waals surface area contributed by atoms with Crippen LogP contribution in [0.4, 0.5) is 0 Å². The molecule has 5 rings (SSSR count). The van der Waals surface area contributed by atoms with E-state index in [1.807, 2.05) is 36.4 Å². The number of likely N-dealkylation sites (tertiary alicyclic amines) is 1. The van der Waals surface area contributed by atoms with Gasteiger partial charge in [-0.3, -0.25) is 0 Å². The summed E-state index contributed by atoms with van der Waals surface area (Å²) in [5.74, 6) is 0.389. The molecule has 3 aliphatic rings. The number of nitrogens with one attached hydrogen (secondary N) is 1. The van der Waals surface area contributed by atoms with Crippen LogP contribution in [0.2, 0.25) is 0 Å². The Bertz CT molecular complexity index is 1500. The fraction of sp³-hybridized carbons (Fsp3) is 0.471. The molecule has 3 aliphatic heterocycles. The second kappa shape index (κ2) is 15.3. The lowest BCUT2D eigenvalue weighted by molar-refractivity contribution is -0.302. The van der Waals surface area contributed by atoms with Gasteiger partial charge >= 0.3 is 5.97 Å². The fourth-order valence-electron chi connectivity index (χ4n) is 6.19. The number of nitriles is 1. The summed E-state index contributed by atoms with van der Waals surface area (Å²) in [5.41, 5.74) is 3.42. The van der Waals surface area contributed by atoms with E-state index in [-0.39, 0.29) is 12.2 Å². The maximum Gasteiger partial charge on any atom is 0.335 e. The summed E-state index contributed by atoms with van der Waals surface area (Å²) >= 11 is 0. The Morgan fingerprint density at radius 1 is 1.09 bits per heavy atom. The quantitative estimate of drug-likeness (QED) is 0.204. The number of methoxy groups -OCH3 is 1. The van der Waals surface area contributed by atoms with Crippen molar-refractivity contribution >= 4 is 11.5 Å². The van der Waals surface area contributed by atoms with Gasteiger partial charge in [-0.2, -0.15) is 5.26 Å². The molecule has 2 saturated heterocycles. The molecule has 0 spiro atoms. The molecule has 0 aliphatic carbocycles. The summed E-state index contributed by atoms with van der Waals surface area (Å²) in [6, 6.07) is 17.4. The van der Waals surface area contributed by atoms with E-state index in [0.717, 1.165) is 37.2 Å². The monoisotopic (exact) mass is 651 g/mol. The first-order chi connectivity index (χ1) is 22.6. The molecule has 0 saturated carbocycles. The minimum atomic E-state index is -1.86. The van der Waals surface area contributed by atoms with Gasteiger partial charge in [0.05, 0.1) is 18.8 Å². The van der Waals surface area contributed by atoms with E-state index in [4.69, 9.17) is 18.9 Å². The van der Waals surface area contributed by atoms with Crippen LogP contribution in [0.25, 0.3) is 5.57 Å². The van der Waals surface area contributed by atoms with Crippen LogP contribution in [-0.2, 0) is 14.3 Å². The Balaban J connectivity index is 1.12. The number of hydrogen-bond acceptors (Lipinski definition) is 12. The number of benzene rings is 2. The number of aliphatic hydroxyl groups is 4. The minimum Gasteiger partial charge on any atom is -0.496 e. The molecule has 0 amide bonds. The number of allylic oxidation sites excluding steroid dienone is 3. The van der Waals surface area contributed by atoms with Crippen molar-refractivity contribution in [1.29, 1.82) is 5.26 Å². The van der Waals surface area contributed by atoms with E-state index in [0.29, 0.717) is 29.5 Å². The standard InChI is InChI=1S/C34H41N3O10/c1-19-26(15-22(16-35)32(36-19)47-34-30(41)28(39)29(40)31(46-34)33(42)43)20-7-9-24(10-8-20)45-18-23(38)17-37-13-11-21(12-14-37)25-5-3-4-6-27(25)44-2/h3-10,15,21,23,28-32,34,36,38-41H,11-14,17-18H2,1-2H3,(H,42,43)/t23?,28-,29-,30+,31-,32?,34-/m0/s1. The van der Waals surface area contributed by atoms with Crippen molar-refractivity contribution in [3.63, 3.8) is 0 Å². The number of β-amino-alcohol motifs (C(OH)–C–C–N with tert-alkyl or cyclic N) is 1. The zero-order valence-corrected chi connectivity index (χ0v) is 26.2. The van der Waals surface area contributed by atoms with Crippen molar-refractivity contribution in [2.24, 2.45) is 0 Å². The number of carboxylic acid groups (broad SMARTS) is 1. The SMILES string of the molecule is COc1ccccc1C1CCN(CC(O)COc2ccc(C3=C(C)NC(O[C@@H]4O[C@H](C(=O)O)[C@@H](O)[C@H](O)[C@H]4O)C(C#N)=C3)cc2)CC1. The van der Waals surface area contributed by atoms with Gasteiger partial charge < -0.3 is 54.7 Å². The van der Waals surface area contributed by atoms with E-state index >= 15 is 0 Å². The van der Waals surface area contributed by atoms with E-state index in [2.05, 4.69) is 16.3 Å². The maximum atomic E-state index is 11.4. The van der Waals surface area contributed by atoms with Crippen molar-refractivity contribution in [3.05, 3.63) is 77.0 Å². The van der Waals surface area contributed by atoms with Crippen LogP contribution >= 0.6 is 0 Å². The first kappa shape index (κ1) is 34.3. The molecule has 2 aromatic carbocycles. The zero-order chi connectivity index (χ0) is 33.7. The largest absolute Gasteiger partial charge is 0.496 e. The fourth-order valence-corrected chi connectivity index (χ4v) is 6.19. The van der Waals surface area contributed by atoms with Gasteiger partial charge in [0.2, 0.25) is 0 Å². The number of carbonyl (C=O) groups is 1. The summed E-state index contributed by atoms with van der Waals surface area (Å²) in [6.45, 7) is 4.16. The van der Waals surface area contributed by atoms with Crippen molar-refractivity contribution in [2.75, 3.05) is 33.4 Å². The average molecular weight is 652 g/mol. The number of rotatable bonds is 11. The lowest BCUT2D eigenvalue weighted by Crippen LogP contribution is -2.61. The van der Waals surface area contributed by atoms with Gasteiger partial charge in [-0.15, -0.1) is 0 Å². The molecule has 13 heteroatoms. The molecule has 3 heterocycles. The Hall–Kier alpha value is -4.00. The summed E-state index contributed by atoms with van der Waals surface area (Å²) in [4.78, 5) is 13.7. The molecule has 0 aromatic heterocycles. The van der Waals surface area contributed by atoms with Crippen LogP contribution in [0, 0.1) is 11.3 Å². The van der Waals surface area contributed by atoms with Crippen LogP contribution in [0.3, 0.4) is 0 Å². The first-order valence-electron chi connectivity index (χ1n) is 15.5. The number of aliphatic hydroxyl groups excluding tert-OH is 4. The van der Waals surface area contributed by atoms with Gasteiger partial charge in [0.1, 0.15) is 42.5 Å². The van der Waals surface area contributed by atoms with Crippen LogP contribution in [0.5, 0.6) is 11.5 Å². The van der Waals surface area contributed by atoms with Gasteiger partial charge in [0.15, 0.2) is 18.6 Å². The number of hydrogen-bond donors (Lipinski definition) is 6. The zero-order valence-electron chi connectivity index (χ0n) is 26.2. The van der Waals surface area contributed by atoms with Crippen LogP contribution < -0.4 is 14.8 Å². The predicted molar refractivity (Wildman–Crippen MR) is 168 cm³/mol. The Labute approximate surface area is 272 Å². The van der Waals surface area contributed by atoms with E-state index in [9.17, 15) is 35.6 Å². The van der Waals surface area contributed by atoms with Crippen LogP contribution in [0.1, 0.15) is 36.8 Å². The number of nitrogens with zero attached hydrogens (tertiary/aromatic N) is 2. The molecule has 0 bridgehead atoms. The third-order valence-corrected chi connectivity index (χ3v) is 8.79. The van der Waals surface area contributed by atoms with E-state index in [1.165, 1.54) is 5.56 Å². The molecule has 47 heavy (non-hydrogen) atoms. The van der Waals surface area contributed by atoms with Crippen LogP contribution in [0.15, 0.2) is 65.9 Å². The first-order valence-corrected chi connectivity index (χ1v) is 15.5. The Morgan fingerprint density at radius 2 is 1.79 bits per heavy atom. The third-order valence-electron chi connectivity index (χ3n) is 8.79. The number of aliphatic carboxylic acids is 1. The summed E-state index contributed by atoms with van der Waals surface area (Å²) in [5, 5.41) is 63.1. The average Bonchev–Trinajstić information content (AvgIpc) is 3.08. The highest BCUT2D eigenvalue weighted by Gasteiger charge is 2.48. The normalized spacial score (nSPS) is 27.7. The number of para-hydroxylation sites is 1. The molecular weight excluding hydrogens is 610 g/mol. The smallest absolute Gasteiger partial charge is 0.335 e. The second-order valence-electron chi connectivity index (χ2n) is 12.0. The van der Waals surface area contributed by atoms with Crippen molar-refractivity contribution in [1.82, 2.24) is 10.2 Å². The highest BCUT2D eigenvalue weighted by Crippen LogP contribution is 2.34. The van der Waals surface area contributed by atoms with Gasteiger partial charge in [0, 0.05) is 17.8 Å². The summed E-state index contributed by atoms with van der Waals surface area (Å²) < 4.78 is 22.3. The molecule has 2 fully saturated rings. The highest BCUT2D eigenvalue weighted by atomic mass is 16.7. The van der Waals surface area contributed by atoms with Crippen molar-refractivity contribution in [3.8, 4) is 17.6 Å². The minimum absolute atomic E-state index is 0.115. The maximum absolute atomic E-state index is 11.4. The van der Waals surface area contributed by atoms with Gasteiger partial charge in [-0.1, -0.05) is 30.3 Å². The molecular formula is C34H41N3O10. The van der Waals surface area contributed by atoms with Gasteiger partial charge in [-0.05, 0) is 74.2 Å². The topological polar surface area (TPSA) is 194 Å². The van der Waals surface area contributed by atoms with Gasteiger partial charge in [0.25, 0.3) is 0 Å². The third kappa shape index (κ3) is 7.94. The number of carboxylic acids is 1. The van der Waals surface area contributed by atoms with Crippen molar-refractivity contribution < 1.29 is 49.3 Å². The molecule has 7 atom stereocenters. The van der Waals surface area contributed by atoms with Crippen LogP contribution in [-0.4, -0.2) is 113 Å². The summed E-state index contributed by atoms with van der Waals surface area (Å²) in [6.07, 6.45) is -7.09. The lowest BCUT2D eigenvalue weighted by Gasteiger charge is -2.40. The molecule has 6 N–H and O–H groups in total. The molecule has 252 valence electrons. The van der Waals surface area contributed by atoms with E-state index < -0.39 is 49.0 Å². The van der Waals surface area contributed by atoms with Gasteiger partial charge in [-0.25, -0.2) is 4.79 Å². The predicted octanol–water partition coefficient (Wildman–Crippen LogP) is 1.33. The number of ether oxygens (including phenoxy) is 4. The van der Waals surface area contributed by atoms with E-state index in [1.54, 1.807) is 32.2 Å². The summed E-state index contributed by atoms with van der Waals surface area (Å²) in [7, 11) is 1.70. The van der Waals surface area contributed by atoms with Crippen molar-refractivity contribution in [2.45, 2.75) is 68.7 Å². The molecule has 2 unspecified atom stereocenters. The molecule has 2 aromatic rings. The Morgan fingerprint density at radius 3 is 2.45 bits per heavy atom. The molecule has 0 radical (unpaired) electrons. The highest BCUT2D eigenvalue weighted by molar-refractivity contribution is 5.79.